The van der Waals surface area contributed by atoms with Gasteiger partial charge < -0.3 is 26.4 Å². The van der Waals surface area contributed by atoms with Crippen LogP contribution in [0.15, 0.2) is 109 Å². The van der Waals surface area contributed by atoms with E-state index in [0.717, 1.165) is 91.4 Å². The first-order valence-electron chi connectivity index (χ1n) is 18.4. The number of anilines is 2. The molecule has 300 valence electrons. The third-order valence-electron chi connectivity index (χ3n) is 8.37. The number of nitrogens with zero attached hydrogens (tertiary/aromatic N) is 2. The Bertz CT molecular complexity index is 1710. The minimum absolute atomic E-state index is 0. The van der Waals surface area contributed by atoms with Crippen molar-refractivity contribution < 1.29 is 72.9 Å². The first kappa shape index (κ1) is 48.6. The van der Waals surface area contributed by atoms with Gasteiger partial charge in [-0.25, -0.2) is 8.78 Å². The van der Waals surface area contributed by atoms with E-state index < -0.39 is 25.2 Å². The fourth-order valence-electron chi connectivity index (χ4n) is 5.60. The molecule has 15 heteroatoms. The summed E-state index contributed by atoms with van der Waals surface area (Å²) in [6.07, 6.45) is 3.72. The fraction of sp³-hybridized carbons (Fsp3) is 0.333. The summed E-state index contributed by atoms with van der Waals surface area (Å²) in [6, 6.07) is 33.9. The fourth-order valence-corrected chi connectivity index (χ4v) is 5.60. The van der Waals surface area contributed by atoms with Crippen LogP contribution >= 0.6 is 0 Å². The number of Topliss-reactive ketones (excluding diaryl/α,β-unsaturated/α-hetero) is 1. The first-order chi connectivity index (χ1) is 26.8. The molecule has 3 N–H and O–H groups in total. The van der Waals surface area contributed by atoms with Crippen LogP contribution in [0, 0.1) is 11.6 Å². The summed E-state index contributed by atoms with van der Waals surface area (Å²) in [5.41, 5.74) is 9.57. The van der Waals surface area contributed by atoms with Gasteiger partial charge >= 0.3 is 36.9 Å². The van der Waals surface area contributed by atoms with E-state index >= 15 is 0 Å². The molecular weight excluding hydrogens is 744 g/mol. The maximum Gasteiger partial charge on any atom is 1.00 e. The monoisotopic (exact) mass is 796 g/mol. The van der Waals surface area contributed by atoms with Crippen molar-refractivity contribution in [3.8, 4) is 0 Å². The summed E-state index contributed by atoms with van der Waals surface area (Å²) in [5.74, 6) is -2.17. The van der Waals surface area contributed by atoms with Crippen LogP contribution in [-0.2, 0) is 46.2 Å². The van der Waals surface area contributed by atoms with E-state index in [4.69, 9.17) is 5.73 Å². The molecule has 0 bridgehead atoms. The van der Waals surface area contributed by atoms with Gasteiger partial charge in [-0.3, -0.25) is 29.0 Å². The minimum atomic E-state index is -1.59. The van der Waals surface area contributed by atoms with E-state index in [0.29, 0.717) is 17.5 Å². The molecule has 4 aromatic rings. The topological polar surface area (TPSA) is 140 Å². The van der Waals surface area contributed by atoms with Gasteiger partial charge in [0.15, 0.2) is 0 Å². The number of carbonyl (C=O) groups is 4. The Morgan fingerprint density at radius 3 is 1.44 bits per heavy atom. The summed E-state index contributed by atoms with van der Waals surface area (Å²) in [7, 11) is -1.59. The van der Waals surface area contributed by atoms with E-state index in [-0.39, 0.29) is 42.6 Å². The van der Waals surface area contributed by atoms with Crippen molar-refractivity contribution in [3.63, 3.8) is 0 Å². The molecule has 0 radical (unpaired) electrons. The Hall–Kier alpha value is -4.60. The number of hydrogen-bond acceptors (Lipinski definition) is 11. The molecule has 0 saturated carbocycles. The quantitative estimate of drug-likeness (QED) is 0.188. The van der Waals surface area contributed by atoms with Gasteiger partial charge in [-0.2, -0.15) is 0 Å². The molecule has 0 aliphatic carbocycles. The molecule has 11 nitrogen and oxygen atoms in total. The van der Waals surface area contributed by atoms with E-state index in [1.807, 2.05) is 18.2 Å². The Balaban J connectivity index is 0.000000403. The number of nitrogens with one attached hydrogen (secondary N) is 1. The van der Waals surface area contributed by atoms with E-state index in [1.165, 1.54) is 47.5 Å². The average Bonchev–Trinajstić information content (AvgIpc) is 3.16. The van der Waals surface area contributed by atoms with Crippen LogP contribution in [-0.4, -0.2) is 73.0 Å². The van der Waals surface area contributed by atoms with Gasteiger partial charge in [-0.1, -0.05) is 60.7 Å². The van der Waals surface area contributed by atoms with Crippen molar-refractivity contribution in [3.05, 3.63) is 132 Å². The third kappa shape index (κ3) is 22.1. The van der Waals surface area contributed by atoms with Gasteiger partial charge in [0, 0.05) is 90.3 Å². The molecule has 4 aromatic carbocycles. The van der Waals surface area contributed by atoms with Gasteiger partial charge in [0.05, 0.1) is 0 Å². The van der Waals surface area contributed by atoms with Crippen LogP contribution < -0.4 is 40.6 Å². The number of carbonyl (C=O) groups excluding carboxylic acids is 4. The summed E-state index contributed by atoms with van der Waals surface area (Å²) in [4.78, 5) is 47.1. The van der Waals surface area contributed by atoms with Gasteiger partial charge in [0.1, 0.15) is 17.4 Å². The standard InChI is InChI=1S/C18H21FN2.C12H15NO.C6H9BO6.C6H6FN.Na.H/c19-16-6-8-17(9-7-16)20-18-10-12-21(13-11-18)14-15-4-2-1-3-5-15;14-12-6-8-13(9-7-12)10-11-4-2-1-3-5-11;1-4(8)11-7(12-5(2)9)13-6(3)10;7-5-1-3-6(8)4-2-5;;/h1-9,18,20H,10-14H2;1-5H,6-10H2;1-3H3;1-4H,8H2;;/q;;;;+1;-1. The largest absolute Gasteiger partial charge is 1.00 e. The van der Waals surface area contributed by atoms with Gasteiger partial charge in [0.2, 0.25) is 0 Å². The molecule has 0 spiro atoms. The van der Waals surface area contributed by atoms with E-state index in [9.17, 15) is 28.0 Å². The molecule has 2 aliphatic rings. The molecule has 2 aliphatic heterocycles. The molecule has 2 heterocycles. The van der Waals surface area contributed by atoms with Crippen LogP contribution in [0.25, 0.3) is 0 Å². The third-order valence-corrected chi connectivity index (χ3v) is 8.37. The van der Waals surface area contributed by atoms with Crippen LogP contribution in [0.5, 0.6) is 0 Å². The zero-order chi connectivity index (χ0) is 40.7. The molecule has 6 rings (SSSR count). The number of piperidine rings is 2. The van der Waals surface area contributed by atoms with Crippen molar-refractivity contribution in [1.29, 1.82) is 0 Å². The van der Waals surface area contributed by atoms with E-state index in [2.05, 4.69) is 83.7 Å². The molecule has 0 atom stereocenters. The Kier molecular flexibility index (Phi) is 23.1. The number of nitrogen functional groups attached to an aromatic ring is 1. The Labute approximate surface area is 358 Å². The second kappa shape index (κ2) is 27.1. The number of nitrogens with two attached hydrogens (primary N) is 1. The van der Waals surface area contributed by atoms with Gasteiger partial charge in [0.25, 0.3) is 17.9 Å². The number of ketones is 1. The van der Waals surface area contributed by atoms with Crippen LogP contribution in [0.4, 0.5) is 20.2 Å². The Morgan fingerprint density at radius 2 is 1.05 bits per heavy atom. The van der Waals surface area contributed by atoms with Crippen molar-refractivity contribution >= 4 is 42.4 Å². The molecule has 2 saturated heterocycles. The van der Waals surface area contributed by atoms with Crippen molar-refractivity contribution in [2.75, 3.05) is 37.2 Å². The molecular formula is C42H52BF2N4NaO7. The first-order valence-corrected chi connectivity index (χ1v) is 18.4. The van der Waals surface area contributed by atoms with Gasteiger partial charge in [-0.15, -0.1) is 0 Å². The molecule has 0 aromatic heterocycles. The number of likely N-dealkylation sites (tertiary alicyclic amines) is 2. The smallest absolute Gasteiger partial charge is 1.00 e. The van der Waals surface area contributed by atoms with Crippen LogP contribution in [0.2, 0.25) is 0 Å². The second-order valence-corrected chi connectivity index (χ2v) is 13.2. The predicted octanol–water partition coefficient (Wildman–Crippen LogP) is 3.94. The van der Waals surface area contributed by atoms with Crippen molar-refractivity contribution in [2.45, 2.75) is 65.6 Å². The van der Waals surface area contributed by atoms with Crippen LogP contribution in [0.3, 0.4) is 0 Å². The summed E-state index contributed by atoms with van der Waals surface area (Å²) >= 11 is 0. The second-order valence-electron chi connectivity index (χ2n) is 13.2. The number of benzene rings is 4. The SMILES string of the molecule is CC(=O)OB(OC(C)=O)OC(C)=O.Fc1ccc(NC2CCN(Cc3ccccc3)CC2)cc1.Nc1ccc(F)cc1.O=C1CCN(Cc2ccccc2)CC1.[H-].[Na+]. The molecule has 2 fully saturated rings. The zero-order valence-electron chi connectivity index (χ0n) is 34.2. The molecule has 0 amide bonds. The summed E-state index contributed by atoms with van der Waals surface area (Å²) in [6.45, 7) is 9.36. The minimum Gasteiger partial charge on any atom is -1.00 e. The summed E-state index contributed by atoms with van der Waals surface area (Å²) < 4.78 is 38.0. The van der Waals surface area contributed by atoms with Crippen LogP contribution in [0.1, 0.15) is 59.0 Å². The Morgan fingerprint density at radius 1 is 0.667 bits per heavy atom. The van der Waals surface area contributed by atoms with Crippen molar-refractivity contribution in [2.24, 2.45) is 0 Å². The number of halogens is 2. The maximum atomic E-state index is 12.9. The number of hydrogen-bond donors (Lipinski definition) is 2. The predicted molar refractivity (Wildman–Crippen MR) is 214 cm³/mol. The maximum absolute atomic E-state index is 12.9. The average molecular weight is 797 g/mol. The number of rotatable bonds is 9. The van der Waals surface area contributed by atoms with E-state index in [1.54, 1.807) is 0 Å². The van der Waals surface area contributed by atoms with Crippen molar-refractivity contribution in [1.82, 2.24) is 9.80 Å². The molecule has 57 heavy (non-hydrogen) atoms. The molecule has 0 unspecified atom stereocenters. The van der Waals surface area contributed by atoms with Gasteiger partial charge in [-0.05, 0) is 72.5 Å². The zero-order valence-corrected chi connectivity index (χ0v) is 35.2. The normalized spacial score (nSPS) is 13.9. The summed E-state index contributed by atoms with van der Waals surface area (Å²) in [5, 5.41) is 3.50.